The highest BCUT2D eigenvalue weighted by Gasteiger charge is 2.12. The lowest BCUT2D eigenvalue weighted by Gasteiger charge is -2.11. The van der Waals surface area contributed by atoms with Crippen LogP contribution >= 0.6 is 0 Å². The van der Waals surface area contributed by atoms with Gasteiger partial charge in [0.05, 0.1) is 13.0 Å². The molecule has 0 unspecified atom stereocenters. The number of nitrogens with zero attached hydrogens (tertiary/aromatic N) is 3. The van der Waals surface area contributed by atoms with E-state index in [1.54, 1.807) is 0 Å². The molecule has 0 aliphatic heterocycles. The number of hydrogen-bond donors (Lipinski definition) is 1. The summed E-state index contributed by atoms with van der Waals surface area (Å²) in [6.45, 7) is 5.17. The Balaban J connectivity index is 2.00. The van der Waals surface area contributed by atoms with Gasteiger partial charge in [-0.3, -0.25) is 9.69 Å². The molecule has 1 aromatic heterocycles. The fourth-order valence-electron chi connectivity index (χ4n) is 2.05. The second kappa shape index (κ2) is 7.17. The lowest BCUT2D eigenvalue weighted by atomic mass is 10.0. The molecule has 0 aliphatic carbocycles. The van der Waals surface area contributed by atoms with Crippen molar-refractivity contribution in [1.82, 2.24) is 15.0 Å². The van der Waals surface area contributed by atoms with Gasteiger partial charge in [0.15, 0.2) is 0 Å². The maximum atomic E-state index is 10.5. The van der Waals surface area contributed by atoms with Gasteiger partial charge < -0.3 is 9.63 Å². The minimum absolute atomic E-state index is 0.0914. The number of carbonyl (C=O) groups is 1. The summed E-state index contributed by atoms with van der Waals surface area (Å²) in [5.74, 6) is 0.703. The third-order valence-electron chi connectivity index (χ3n) is 3.42. The van der Waals surface area contributed by atoms with E-state index >= 15 is 0 Å². The molecule has 0 saturated carbocycles. The van der Waals surface area contributed by atoms with E-state index in [9.17, 15) is 4.79 Å². The molecule has 0 aliphatic rings. The molecule has 0 bridgehead atoms. The Bertz CT molecular complexity index is 620. The Labute approximate surface area is 129 Å². The molecular formula is C16H21N3O3. The molecule has 6 nitrogen and oxygen atoms in total. The predicted octanol–water partition coefficient (Wildman–Crippen LogP) is 2.77. The Hall–Kier alpha value is -2.21. The van der Waals surface area contributed by atoms with Crippen molar-refractivity contribution >= 4 is 5.97 Å². The van der Waals surface area contributed by atoms with Crippen LogP contribution in [0.25, 0.3) is 11.4 Å². The van der Waals surface area contributed by atoms with Crippen LogP contribution in [-0.4, -0.2) is 39.7 Å². The summed E-state index contributed by atoms with van der Waals surface area (Å²) in [6.07, 6.45) is 0.0914. The molecular weight excluding hydrogens is 282 g/mol. The number of aliphatic carboxylic acids is 1. The van der Waals surface area contributed by atoms with Gasteiger partial charge in [-0.25, -0.2) is 0 Å². The van der Waals surface area contributed by atoms with Gasteiger partial charge >= 0.3 is 5.97 Å². The molecule has 0 radical (unpaired) electrons. The zero-order valence-corrected chi connectivity index (χ0v) is 13.1. The Kier molecular flexibility index (Phi) is 5.27. The van der Waals surface area contributed by atoms with Gasteiger partial charge in [-0.15, -0.1) is 0 Å². The van der Waals surface area contributed by atoms with E-state index < -0.39 is 5.97 Å². The van der Waals surface area contributed by atoms with Gasteiger partial charge in [0, 0.05) is 12.1 Å². The van der Waals surface area contributed by atoms with Gasteiger partial charge in [-0.1, -0.05) is 43.3 Å². The highest BCUT2D eigenvalue weighted by atomic mass is 16.5. The molecule has 2 aromatic rings. The van der Waals surface area contributed by atoms with Crippen molar-refractivity contribution in [2.75, 3.05) is 13.6 Å². The molecule has 1 aromatic carbocycles. The van der Waals surface area contributed by atoms with Crippen LogP contribution < -0.4 is 0 Å². The standard InChI is InChI=1S/C16H21N3O3/c1-11(2)12-4-6-13(7-5-12)16-17-14(22-18-16)10-19(3)9-8-15(20)21/h4-7,11H,8-10H2,1-3H3,(H,20,21). The lowest BCUT2D eigenvalue weighted by molar-refractivity contribution is -0.137. The summed E-state index contributed by atoms with van der Waals surface area (Å²) in [7, 11) is 1.82. The molecule has 1 N–H and O–H groups in total. The monoisotopic (exact) mass is 303 g/mol. The van der Waals surface area contributed by atoms with Crippen LogP contribution in [-0.2, 0) is 11.3 Å². The van der Waals surface area contributed by atoms with Gasteiger partial charge in [0.1, 0.15) is 0 Å². The number of carboxylic acid groups (broad SMARTS) is 1. The smallest absolute Gasteiger partial charge is 0.304 e. The molecule has 1 heterocycles. The summed E-state index contributed by atoms with van der Waals surface area (Å²) < 4.78 is 5.22. The molecule has 6 heteroatoms. The Morgan fingerprint density at radius 2 is 2.00 bits per heavy atom. The molecule has 2 rings (SSSR count). The van der Waals surface area contributed by atoms with Gasteiger partial charge in [0.25, 0.3) is 0 Å². The van der Waals surface area contributed by atoms with Crippen molar-refractivity contribution in [3.05, 3.63) is 35.7 Å². The van der Waals surface area contributed by atoms with Crippen molar-refractivity contribution in [1.29, 1.82) is 0 Å². The summed E-state index contributed by atoms with van der Waals surface area (Å²) in [6, 6.07) is 8.10. The number of hydrogen-bond acceptors (Lipinski definition) is 5. The third kappa shape index (κ3) is 4.39. The average molecular weight is 303 g/mol. The molecule has 0 spiro atoms. The molecule has 0 amide bonds. The SMILES string of the molecule is CC(C)c1ccc(-c2noc(CN(C)CCC(=O)O)n2)cc1. The van der Waals surface area contributed by atoms with Crippen LogP contribution in [0, 0.1) is 0 Å². The minimum Gasteiger partial charge on any atom is -0.481 e. The van der Waals surface area contributed by atoms with Crippen LogP contribution in [0.2, 0.25) is 0 Å². The van der Waals surface area contributed by atoms with E-state index in [4.69, 9.17) is 9.63 Å². The van der Waals surface area contributed by atoms with Crippen LogP contribution in [0.4, 0.5) is 0 Å². The second-order valence-electron chi connectivity index (χ2n) is 5.67. The quantitative estimate of drug-likeness (QED) is 0.847. The number of carboxylic acids is 1. The Morgan fingerprint density at radius 3 is 2.59 bits per heavy atom. The molecule has 22 heavy (non-hydrogen) atoms. The lowest BCUT2D eigenvalue weighted by Crippen LogP contribution is -2.21. The minimum atomic E-state index is -0.816. The highest BCUT2D eigenvalue weighted by Crippen LogP contribution is 2.20. The third-order valence-corrected chi connectivity index (χ3v) is 3.42. The normalized spacial score (nSPS) is 11.3. The number of benzene rings is 1. The van der Waals surface area contributed by atoms with Gasteiger partial charge in [-0.2, -0.15) is 4.98 Å². The summed E-state index contributed by atoms with van der Waals surface area (Å²) in [4.78, 5) is 16.7. The fourth-order valence-corrected chi connectivity index (χ4v) is 2.05. The van der Waals surface area contributed by atoms with E-state index in [1.807, 2.05) is 24.1 Å². The summed E-state index contributed by atoms with van der Waals surface area (Å²) in [5, 5.41) is 12.6. The van der Waals surface area contributed by atoms with Crippen molar-refractivity contribution in [3.8, 4) is 11.4 Å². The first kappa shape index (κ1) is 16.2. The van der Waals surface area contributed by atoms with Crippen LogP contribution in [0.3, 0.4) is 0 Å². The van der Waals surface area contributed by atoms with E-state index in [1.165, 1.54) is 5.56 Å². The van der Waals surface area contributed by atoms with Crippen molar-refractivity contribution in [2.45, 2.75) is 32.7 Å². The predicted molar refractivity (Wildman–Crippen MR) is 82.4 cm³/mol. The summed E-state index contributed by atoms with van der Waals surface area (Å²) >= 11 is 0. The van der Waals surface area contributed by atoms with Gasteiger partial charge in [0.2, 0.25) is 11.7 Å². The zero-order valence-electron chi connectivity index (χ0n) is 13.1. The van der Waals surface area contributed by atoms with Crippen molar-refractivity contribution < 1.29 is 14.4 Å². The molecule has 0 saturated heterocycles. The van der Waals surface area contributed by atoms with Crippen molar-refractivity contribution in [2.24, 2.45) is 0 Å². The second-order valence-corrected chi connectivity index (χ2v) is 5.67. The summed E-state index contributed by atoms with van der Waals surface area (Å²) in [5.41, 5.74) is 2.17. The first-order valence-corrected chi connectivity index (χ1v) is 7.29. The number of aromatic nitrogens is 2. The maximum absolute atomic E-state index is 10.5. The van der Waals surface area contributed by atoms with E-state index in [0.29, 0.717) is 30.7 Å². The van der Waals surface area contributed by atoms with Gasteiger partial charge in [-0.05, 0) is 18.5 Å². The van der Waals surface area contributed by atoms with E-state index in [2.05, 4.69) is 36.1 Å². The maximum Gasteiger partial charge on any atom is 0.304 e. The molecule has 118 valence electrons. The van der Waals surface area contributed by atoms with Crippen LogP contribution in [0.5, 0.6) is 0 Å². The molecule has 0 atom stereocenters. The van der Waals surface area contributed by atoms with Crippen LogP contribution in [0.15, 0.2) is 28.8 Å². The first-order chi connectivity index (χ1) is 10.5. The largest absolute Gasteiger partial charge is 0.481 e. The highest BCUT2D eigenvalue weighted by molar-refractivity contribution is 5.66. The topological polar surface area (TPSA) is 79.5 Å². The Morgan fingerprint density at radius 1 is 1.32 bits per heavy atom. The fraction of sp³-hybridized carbons (Fsp3) is 0.438. The number of rotatable bonds is 7. The van der Waals surface area contributed by atoms with Crippen molar-refractivity contribution in [3.63, 3.8) is 0 Å². The zero-order chi connectivity index (χ0) is 16.1. The molecule has 0 fully saturated rings. The van der Waals surface area contributed by atoms with E-state index in [-0.39, 0.29) is 6.42 Å². The average Bonchev–Trinajstić information content (AvgIpc) is 2.93. The first-order valence-electron chi connectivity index (χ1n) is 7.29. The van der Waals surface area contributed by atoms with E-state index in [0.717, 1.165) is 5.56 Å². The van der Waals surface area contributed by atoms with Crippen LogP contribution in [0.1, 0.15) is 37.6 Å².